The van der Waals surface area contributed by atoms with E-state index in [2.05, 4.69) is 32.9 Å². The molecule has 1 saturated heterocycles. The third-order valence-electron chi connectivity index (χ3n) is 9.81. The Morgan fingerprint density at radius 3 is 2.35 bits per heavy atom. The van der Waals surface area contributed by atoms with E-state index in [1.165, 1.54) is 24.4 Å². The lowest BCUT2D eigenvalue weighted by Gasteiger charge is -2.40. The molecule has 1 aromatic carbocycles. The number of rotatable bonds is 12. The summed E-state index contributed by atoms with van der Waals surface area (Å²) in [4.78, 5) is 56.9. The Kier molecular flexibility index (Phi) is 12.6. The Labute approximate surface area is 280 Å². The molecule has 0 radical (unpaired) electrons. The van der Waals surface area contributed by atoms with Gasteiger partial charge in [0.05, 0.1) is 5.69 Å². The van der Waals surface area contributed by atoms with Gasteiger partial charge in [-0.25, -0.2) is 13.2 Å². The van der Waals surface area contributed by atoms with Crippen molar-refractivity contribution in [3.05, 3.63) is 47.5 Å². The Balaban J connectivity index is 1.52. The predicted molar refractivity (Wildman–Crippen MR) is 175 cm³/mol. The largest absolute Gasteiger partial charge is 0.344 e. The lowest BCUT2D eigenvalue weighted by molar-refractivity contribution is -0.139. The summed E-state index contributed by atoms with van der Waals surface area (Å²) < 4.78 is 42.7. The number of anilines is 1. The van der Waals surface area contributed by atoms with Crippen LogP contribution in [0.5, 0.6) is 0 Å². The molecular weight excluding hydrogens is 627 g/mol. The zero-order valence-corrected chi connectivity index (χ0v) is 28.3. The minimum Gasteiger partial charge on any atom is -0.344 e. The second kappa shape index (κ2) is 16.4. The molecule has 48 heavy (non-hydrogen) atoms. The predicted octanol–water partition coefficient (Wildman–Crippen LogP) is 4.01. The summed E-state index contributed by atoms with van der Waals surface area (Å²) in [6.07, 6.45) is 1.69. The number of nitrogens with one attached hydrogen (secondary N) is 3. The van der Waals surface area contributed by atoms with Crippen LogP contribution in [-0.4, -0.2) is 94.4 Å². The van der Waals surface area contributed by atoms with E-state index in [1.807, 2.05) is 14.0 Å². The Hall–Kier alpha value is -3.94. The van der Waals surface area contributed by atoms with Crippen LogP contribution in [0.15, 0.2) is 30.5 Å². The van der Waals surface area contributed by atoms with Crippen molar-refractivity contribution in [2.45, 2.75) is 96.8 Å². The molecule has 2 heterocycles. The number of alkyl halides is 2. The number of halogens is 3. The van der Waals surface area contributed by atoms with E-state index >= 15 is 4.39 Å². The number of carbonyl (C=O) groups excluding carboxylic acids is 4. The number of hydrogen-bond donors (Lipinski definition) is 3. The molecule has 0 spiro atoms. The summed E-state index contributed by atoms with van der Waals surface area (Å²) >= 11 is 0. The Morgan fingerprint density at radius 2 is 1.73 bits per heavy atom. The number of piperazine rings is 1. The van der Waals surface area contributed by atoms with Crippen molar-refractivity contribution in [3.63, 3.8) is 0 Å². The van der Waals surface area contributed by atoms with Gasteiger partial charge >= 0.3 is 0 Å². The Bertz CT molecular complexity index is 1450. The van der Waals surface area contributed by atoms with Crippen LogP contribution in [-0.2, 0) is 20.9 Å². The fraction of sp³-hybridized carbons (Fsp3) is 0.618. The number of benzene rings is 1. The molecule has 264 valence electrons. The molecule has 4 rings (SSSR count). The lowest BCUT2D eigenvalue weighted by Crippen LogP contribution is -2.58. The number of carbonyl (C=O) groups is 4. The number of nitrogens with zero attached hydrogens (tertiary/aromatic N) is 4. The van der Waals surface area contributed by atoms with Crippen molar-refractivity contribution in [3.8, 4) is 0 Å². The number of aromatic nitrogens is 2. The van der Waals surface area contributed by atoms with Crippen molar-refractivity contribution < 1.29 is 32.3 Å². The van der Waals surface area contributed by atoms with Gasteiger partial charge in [0, 0.05) is 44.2 Å². The average molecular weight is 676 g/mol. The molecule has 14 heteroatoms. The van der Waals surface area contributed by atoms with Gasteiger partial charge in [-0.2, -0.15) is 5.10 Å². The first-order valence-corrected chi connectivity index (χ1v) is 16.8. The molecule has 11 nitrogen and oxygen atoms in total. The normalized spacial score (nSPS) is 22.1. The monoisotopic (exact) mass is 675 g/mol. The molecule has 0 unspecified atom stereocenters. The standard InChI is InChI=1S/C34H48F3N7O4/c1-6-29(45)40-30(34(48)43-16-15-42(5)21(3)18-43)22(4)24-11-12-26(25(35)17-24)39-33(47)31(23-9-7-20(2)8-10-23)41-32(46)27-13-14-38-44(27)19-28(36)37/h11-14,17,20-23,28,30-31H,6-10,15-16,18-19H2,1-5H3,(H,39,47)(H,40,45)(H,41,46)/t20?,21-,22+,23?,30-,31+/m1/s1. The van der Waals surface area contributed by atoms with Gasteiger partial charge in [0.2, 0.25) is 17.7 Å². The molecular formula is C34H48F3N7O4. The summed E-state index contributed by atoms with van der Waals surface area (Å²) in [5.74, 6) is -3.01. The summed E-state index contributed by atoms with van der Waals surface area (Å²) in [5, 5.41) is 12.0. The van der Waals surface area contributed by atoms with Gasteiger partial charge in [-0.05, 0) is 62.4 Å². The van der Waals surface area contributed by atoms with Crippen LogP contribution in [0.1, 0.15) is 81.8 Å². The van der Waals surface area contributed by atoms with Crippen LogP contribution in [0.2, 0.25) is 0 Å². The minimum atomic E-state index is -2.73. The first-order chi connectivity index (χ1) is 22.8. The number of amides is 4. The van der Waals surface area contributed by atoms with Crippen molar-refractivity contribution >= 4 is 29.3 Å². The molecule has 0 bridgehead atoms. The first kappa shape index (κ1) is 36.9. The molecule has 2 aliphatic rings. The van der Waals surface area contributed by atoms with Gasteiger partial charge in [0.25, 0.3) is 12.3 Å². The number of hydrogen-bond acceptors (Lipinski definition) is 6. The maximum absolute atomic E-state index is 15.7. The van der Waals surface area contributed by atoms with E-state index in [-0.39, 0.29) is 41.6 Å². The molecule has 3 N–H and O–H groups in total. The second-order valence-corrected chi connectivity index (χ2v) is 13.3. The summed E-state index contributed by atoms with van der Waals surface area (Å²) in [6.45, 7) is 8.52. The van der Waals surface area contributed by atoms with Crippen LogP contribution in [0, 0.1) is 17.7 Å². The highest BCUT2D eigenvalue weighted by Crippen LogP contribution is 2.32. The van der Waals surface area contributed by atoms with Crippen molar-refractivity contribution in [2.75, 3.05) is 32.0 Å². The fourth-order valence-electron chi connectivity index (χ4n) is 6.47. The highest BCUT2D eigenvalue weighted by Gasteiger charge is 2.36. The zero-order valence-electron chi connectivity index (χ0n) is 28.3. The second-order valence-electron chi connectivity index (χ2n) is 13.3. The van der Waals surface area contributed by atoms with E-state index in [9.17, 15) is 28.0 Å². The van der Waals surface area contributed by atoms with E-state index < -0.39 is 48.6 Å². The zero-order chi connectivity index (χ0) is 35.1. The van der Waals surface area contributed by atoms with E-state index in [0.717, 1.165) is 17.5 Å². The third kappa shape index (κ3) is 9.14. The van der Waals surface area contributed by atoms with Gasteiger partial charge in [-0.1, -0.05) is 39.7 Å². The van der Waals surface area contributed by atoms with E-state index in [0.29, 0.717) is 44.0 Å². The van der Waals surface area contributed by atoms with Crippen molar-refractivity contribution in [2.24, 2.45) is 11.8 Å². The molecule has 1 saturated carbocycles. The molecule has 2 aromatic rings. The van der Waals surface area contributed by atoms with Crippen LogP contribution >= 0.6 is 0 Å². The summed E-state index contributed by atoms with van der Waals surface area (Å²) in [7, 11) is 1.99. The summed E-state index contributed by atoms with van der Waals surface area (Å²) in [5.41, 5.74) is 0.239. The third-order valence-corrected chi connectivity index (χ3v) is 9.81. The van der Waals surface area contributed by atoms with E-state index in [1.54, 1.807) is 24.8 Å². The molecule has 1 aliphatic carbocycles. The summed E-state index contributed by atoms with van der Waals surface area (Å²) in [6, 6.07) is 3.73. The van der Waals surface area contributed by atoms with Gasteiger partial charge < -0.3 is 25.8 Å². The van der Waals surface area contributed by atoms with Gasteiger partial charge in [0.15, 0.2) is 0 Å². The van der Waals surface area contributed by atoms with Gasteiger partial charge in [-0.3, -0.25) is 23.9 Å². The smallest absolute Gasteiger partial charge is 0.270 e. The van der Waals surface area contributed by atoms with Crippen molar-refractivity contribution in [1.29, 1.82) is 0 Å². The maximum Gasteiger partial charge on any atom is 0.270 e. The maximum atomic E-state index is 15.7. The van der Waals surface area contributed by atoms with E-state index in [4.69, 9.17) is 0 Å². The minimum absolute atomic E-state index is 0.105. The van der Waals surface area contributed by atoms with Crippen LogP contribution in [0.4, 0.5) is 18.9 Å². The highest BCUT2D eigenvalue weighted by atomic mass is 19.3. The quantitative estimate of drug-likeness (QED) is 0.312. The fourth-order valence-corrected chi connectivity index (χ4v) is 6.47. The molecule has 1 aromatic heterocycles. The molecule has 4 amide bonds. The highest BCUT2D eigenvalue weighted by molar-refractivity contribution is 6.00. The average Bonchev–Trinajstić information content (AvgIpc) is 3.51. The molecule has 2 fully saturated rings. The van der Waals surface area contributed by atoms with Crippen molar-refractivity contribution in [1.82, 2.24) is 30.2 Å². The first-order valence-electron chi connectivity index (χ1n) is 16.8. The lowest BCUT2D eigenvalue weighted by atomic mass is 9.79. The van der Waals surface area contributed by atoms with Crippen LogP contribution in [0.3, 0.4) is 0 Å². The Morgan fingerprint density at radius 1 is 1.02 bits per heavy atom. The topological polar surface area (TPSA) is 129 Å². The van der Waals surface area contributed by atoms with Crippen LogP contribution < -0.4 is 16.0 Å². The number of likely N-dealkylation sites (N-methyl/N-ethyl adjacent to an activating group) is 1. The molecule has 1 aliphatic heterocycles. The van der Waals surface area contributed by atoms with Gasteiger partial charge in [0.1, 0.15) is 30.1 Å². The molecule has 4 atom stereocenters. The van der Waals surface area contributed by atoms with Gasteiger partial charge in [-0.15, -0.1) is 0 Å². The SMILES string of the molecule is CCC(=O)N[C@@H](C(=O)N1CCN(C)[C@H](C)C1)[C@@H](C)c1ccc(NC(=O)[C@@H](NC(=O)c2ccnn2CC(F)F)C2CCC(C)CC2)c(F)c1. The van der Waals surface area contributed by atoms with Crippen LogP contribution in [0.25, 0.3) is 0 Å².